The molecular formula is C11H16N2O4S. The molecule has 1 heterocycles. The molecule has 1 aliphatic heterocycles. The first-order valence-electron chi connectivity index (χ1n) is 5.60. The van der Waals surface area contributed by atoms with Crippen LogP contribution in [0.25, 0.3) is 0 Å². The van der Waals surface area contributed by atoms with Crippen LogP contribution in [0.15, 0.2) is 12.2 Å². The average molecular weight is 272 g/mol. The first-order chi connectivity index (χ1) is 8.65. The third kappa shape index (κ3) is 4.89. The highest BCUT2D eigenvalue weighted by Crippen LogP contribution is 2.05. The molecule has 100 valence electrons. The van der Waals surface area contributed by atoms with Crippen molar-refractivity contribution < 1.29 is 19.2 Å². The second-order valence-corrected chi connectivity index (χ2v) is 4.61. The van der Waals surface area contributed by atoms with Gasteiger partial charge in [-0.1, -0.05) is 0 Å². The van der Waals surface area contributed by atoms with Crippen LogP contribution in [0.3, 0.4) is 0 Å². The SMILES string of the molecule is CSCCNOC(=O)CCCN1C(=O)C=CC1=O. The van der Waals surface area contributed by atoms with Gasteiger partial charge in [0.25, 0.3) is 11.8 Å². The molecule has 0 aromatic rings. The molecule has 7 heteroatoms. The van der Waals surface area contributed by atoms with E-state index in [1.165, 1.54) is 12.2 Å². The van der Waals surface area contributed by atoms with Gasteiger partial charge in [0, 0.05) is 37.4 Å². The zero-order valence-corrected chi connectivity index (χ0v) is 11.0. The van der Waals surface area contributed by atoms with E-state index in [2.05, 4.69) is 5.48 Å². The normalized spacial score (nSPS) is 14.4. The third-order valence-electron chi connectivity index (χ3n) is 2.26. The van der Waals surface area contributed by atoms with Crippen molar-refractivity contribution in [1.82, 2.24) is 10.4 Å². The van der Waals surface area contributed by atoms with Crippen molar-refractivity contribution in [2.45, 2.75) is 12.8 Å². The van der Waals surface area contributed by atoms with Crippen molar-refractivity contribution in [3.05, 3.63) is 12.2 Å². The fourth-order valence-corrected chi connectivity index (χ4v) is 1.65. The van der Waals surface area contributed by atoms with Crippen molar-refractivity contribution in [3.8, 4) is 0 Å². The summed E-state index contributed by atoms with van der Waals surface area (Å²) < 4.78 is 0. The predicted octanol–water partition coefficient (Wildman–Crippen LogP) is 0.102. The highest BCUT2D eigenvalue weighted by atomic mass is 32.2. The minimum absolute atomic E-state index is 0.170. The van der Waals surface area contributed by atoms with Crippen LogP contribution < -0.4 is 5.48 Å². The van der Waals surface area contributed by atoms with E-state index in [1.54, 1.807) is 11.8 Å². The van der Waals surface area contributed by atoms with Crippen molar-refractivity contribution in [2.24, 2.45) is 0 Å². The molecule has 0 unspecified atom stereocenters. The van der Waals surface area contributed by atoms with Crippen LogP contribution in [0.5, 0.6) is 0 Å². The van der Waals surface area contributed by atoms with E-state index in [1.807, 2.05) is 6.26 Å². The number of rotatable bonds is 8. The monoisotopic (exact) mass is 272 g/mol. The van der Waals surface area contributed by atoms with Crippen molar-refractivity contribution in [3.63, 3.8) is 0 Å². The molecule has 18 heavy (non-hydrogen) atoms. The molecule has 0 atom stereocenters. The summed E-state index contributed by atoms with van der Waals surface area (Å²) in [6.45, 7) is 0.838. The molecule has 0 aromatic heterocycles. The van der Waals surface area contributed by atoms with Gasteiger partial charge in [-0.15, -0.1) is 0 Å². The smallest absolute Gasteiger partial charge is 0.324 e. The number of carbonyl (C=O) groups is 3. The number of carbonyl (C=O) groups excluding carboxylic acids is 3. The maximum absolute atomic E-state index is 11.2. The highest BCUT2D eigenvalue weighted by Gasteiger charge is 2.22. The molecule has 0 fully saturated rings. The Morgan fingerprint density at radius 3 is 2.67 bits per heavy atom. The van der Waals surface area contributed by atoms with Crippen LogP contribution in [0.1, 0.15) is 12.8 Å². The molecule has 0 aliphatic carbocycles. The van der Waals surface area contributed by atoms with E-state index in [9.17, 15) is 14.4 Å². The van der Waals surface area contributed by atoms with Crippen LogP contribution in [-0.4, -0.2) is 47.8 Å². The molecule has 1 aliphatic rings. The van der Waals surface area contributed by atoms with E-state index in [0.717, 1.165) is 10.7 Å². The first-order valence-corrected chi connectivity index (χ1v) is 6.99. The van der Waals surface area contributed by atoms with Crippen molar-refractivity contribution >= 4 is 29.5 Å². The number of amides is 2. The third-order valence-corrected chi connectivity index (χ3v) is 2.87. The molecular weight excluding hydrogens is 256 g/mol. The van der Waals surface area contributed by atoms with Gasteiger partial charge in [0.2, 0.25) is 0 Å². The quantitative estimate of drug-likeness (QED) is 0.384. The Kier molecular flexibility index (Phi) is 6.45. The lowest BCUT2D eigenvalue weighted by atomic mass is 10.3. The van der Waals surface area contributed by atoms with Crippen LogP contribution in [0.2, 0.25) is 0 Å². The number of thioether (sulfide) groups is 1. The van der Waals surface area contributed by atoms with E-state index < -0.39 is 0 Å². The maximum Gasteiger partial charge on any atom is 0.324 e. The molecule has 0 saturated heterocycles. The summed E-state index contributed by atoms with van der Waals surface area (Å²) in [5, 5.41) is 0. The molecule has 0 bridgehead atoms. The Labute approximate surface area is 110 Å². The first kappa shape index (κ1) is 14.7. The summed E-state index contributed by atoms with van der Waals surface area (Å²) in [5.74, 6) is -0.184. The average Bonchev–Trinajstić information content (AvgIpc) is 2.66. The standard InChI is InChI=1S/C11H16N2O4S/c1-18-8-6-12-17-11(16)3-2-7-13-9(14)4-5-10(13)15/h4-5,12H,2-3,6-8H2,1H3. The number of nitrogens with zero attached hydrogens (tertiary/aromatic N) is 1. The zero-order valence-electron chi connectivity index (χ0n) is 10.2. The Hall–Kier alpha value is -1.34. The second-order valence-electron chi connectivity index (χ2n) is 3.63. The summed E-state index contributed by atoms with van der Waals surface area (Å²) >= 11 is 1.65. The molecule has 1 rings (SSSR count). The summed E-state index contributed by atoms with van der Waals surface area (Å²) in [4.78, 5) is 39.5. The number of hydrogen-bond acceptors (Lipinski definition) is 6. The van der Waals surface area contributed by atoms with E-state index >= 15 is 0 Å². The minimum Gasteiger partial charge on any atom is -0.371 e. The largest absolute Gasteiger partial charge is 0.371 e. The lowest BCUT2D eigenvalue weighted by Gasteiger charge is -2.12. The predicted molar refractivity (Wildman–Crippen MR) is 67.6 cm³/mol. The van der Waals surface area contributed by atoms with Crippen molar-refractivity contribution in [1.29, 1.82) is 0 Å². The number of hydroxylamine groups is 1. The van der Waals surface area contributed by atoms with Crippen LogP contribution in [0.4, 0.5) is 0 Å². The summed E-state index contributed by atoms with van der Waals surface area (Å²) in [6, 6.07) is 0. The second kappa shape index (κ2) is 7.88. The van der Waals surface area contributed by atoms with E-state index in [4.69, 9.17) is 4.84 Å². The van der Waals surface area contributed by atoms with Gasteiger partial charge in [0.15, 0.2) is 0 Å². The lowest BCUT2D eigenvalue weighted by molar-refractivity contribution is -0.151. The molecule has 2 amide bonds. The molecule has 0 saturated carbocycles. The van der Waals surface area contributed by atoms with Gasteiger partial charge in [-0.2, -0.15) is 17.2 Å². The molecule has 0 aromatic carbocycles. The van der Waals surface area contributed by atoms with Gasteiger partial charge in [0.1, 0.15) is 0 Å². The van der Waals surface area contributed by atoms with Gasteiger partial charge < -0.3 is 4.84 Å². The summed E-state index contributed by atoms with van der Waals surface area (Å²) in [7, 11) is 0. The molecule has 0 radical (unpaired) electrons. The van der Waals surface area contributed by atoms with E-state index in [-0.39, 0.29) is 30.7 Å². The van der Waals surface area contributed by atoms with Gasteiger partial charge >= 0.3 is 5.97 Å². The molecule has 6 nitrogen and oxygen atoms in total. The summed E-state index contributed by atoms with van der Waals surface area (Å²) in [5.41, 5.74) is 2.55. The Balaban J connectivity index is 2.09. The number of imide groups is 1. The van der Waals surface area contributed by atoms with Gasteiger partial charge in [-0.05, 0) is 12.7 Å². The number of nitrogens with one attached hydrogen (secondary N) is 1. The van der Waals surface area contributed by atoms with Crippen molar-refractivity contribution in [2.75, 3.05) is 25.1 Å². The van der Waals surface area contributed by atoms with Gasteiger partial charge in [-0.25, -0.2) is 0 Å². The summed E-state index contributed by atoms with van der Waals surface area (Å²) in [6.07, 6.45) is 4.99. The number of hydrogen-bond donors (Lipinski definition) is 1. The van der Waals surface area contributed by atoms with E-state index in [0.29, 0.717) is 13.0 Å². The Morgan fingerprint density at radius 2 is 2.06 bits per heavy atom. The van der Waals surface area contributed by atoms with Crippen LogP contribution in [0, 0.1) is 0 Å². The lowest BCUT2D eigenvalue weighted by Crippen LogP contribution is -2.31. The highest BCUT2D eigenvalue weighted by molar-refractivity contribution is 7.98. The van der Waals surface area contributed by atoms with Gasteiger partial charge in [-0.3, -0.25) is 19.3 Å². The topological polar surface area (TPSA) is 75.7 Å². The van der Waals surface area contributed by atoms with Crippen LogP contribution in [-0.2, 0) is 19.2 Å². The molecule has 0 spiro atoms. The minimum atomic E-state index is -0.386. The Morgan fingerprint density at radius 1 is 1.39 bits per heavy atom. The fourth-order valence-electron chi connectivity index (χ4n) is 1.36. The Bertz CT molecular complexity index is 339. The fraction of sp³-hybridized carbons (Fsp3) is 0.545. The van der Waals surface area contributed by atoms with Crippen LogP contribution >= 0.6 is 11.8 Å². The van der Waals surface area contributed by atoms with Gasteiger partial charge in [0.05, 0.1) is 0 Å². The maximum atomic E-state index is 11.2. The zero-order chi connectivity index (χ0) is 13.4. The molecule has 1 N–H and O–H groups in total.